The molecule has 9 nitrogen and oxygen atoms in total. The first-order valence-electron chi connectivity index (χ1n) is 13.4. The molecular formula is C27H39N5O4. The van der Waals surface area contributed by atoms with Crippen LogP contribution in [-0.4, -0.2) is 58.2 Å². The fourth-order valence-corrected chi connectivity index (χ4v) is 5.83. The van der Waals surface area contributed by atoms with Crippen molar-refractivity contribution in [3.8, 4) is 0 Å². The fourth-order valence-electron chi connectivity index (χ4n) is 5.83. The van der Waals surface area contributed by atoms with Gasteiger partial charge in [0.05, 0.1) is 0 Å². The standard InChI is InChI=1S/C27H39N5O4/c1-2-16-32-25(35)27(29,22(33)19-7-3-4-8-19)24(28)31(26(32)36)17-15-18-11-13-21(14-12-18)30-23(34)20-9-5-6-10-20/h11-14,19-20,24H,2-10,15-17,28-29H2,1H3,(H,30,34). The zero-order valence-electron chi connectivity index (χ0n) is 21.2. The summed E-state index contributed by atoms with van der Waals surface area (Å²) in [7, 11) is 0. The van der Waals surface area contributed by atoms with E-state index in [9.17, 15) is 19.2 Å². The van der Waals surface area contributed by atoms with Gasteiger partial charge in [-0.1, -0.05) is 44.7 Å². The lowest BCUT2D eigenvalue weighted by atomic mass is 9.80. The topological polar surface area (TPSA) is 139 Å². The second kappa shape index (κ2) is 11.1. The molecule has 1 aromatic rings. The monoisotopic (exact) mass is 497 g/mol. The van der Waals surface area contributed by atoms with Gasteiger partial charge < -0.3 is 21.7 Å². The van der Waals surface area contributed by atoms with Crippen LogP contribution in [0.2, 0.25) is 0 Å². The minimum Gasteiger partial charge on any atom is -0.326 e. The van der Waals surface area contributed by atoms with Crippen molar-refractivity contribution in [1.82, 2.24) is 9.80 Å². The van der Waals surface area contributed by atoms with Crippen molar-refractivity contribution < 1.29 is 19.2 Å². The molecule has 3 fully saturated rings. The number of nitrogens with two attached hydrogens (primary N) is 2. The maximum absolute atomic E-state index is 13.4. The number of Topliss-reactive ketones (excluding diaryl/α,β-unsaturated/α-hetero) is 1. The number of imide groups is 1. The fraction of sp³-hybridized carbons (Fsp3) is 0.630. The molecule has 9 heteroatoms. The Bertz CT molecular complexity index is 984. The molecule has 1 aromatic carbocycles. The highest BCUT2D eigenvalue weighted by molar-refractivity contribution is 6.17. The molecule has 1 aliphatic heterocycles. The Morgan fingerprint density at radius 1 is 0.972 bits per heavy atom. The first-order valence-corrected chi connectivity index (χ1v) is 13.4. The molecule has 36 heavy (non-hydrogen) atoms. The van der Waals surface area contributed by atoms with E-state index in [0.717, 1.165) is 54.7 Å². The summed E-state index contributed by atoms with van der Waals surface area (Å²) in [5.41, 5.74) is 12.7. The number of ketones is 1. The summed E-state index contributed by atoms with van der Waals surface area (Å²) >= 11 is 0. The van der Waals surface area contributed by atoms with Gasteiger partial charge in [0.25, 0.3) is 5.91 Å². The summed E-state index contributed by atoms with van der Waals surface area (Å²) in [5.74, 6) is -1.17. The number of nitrogens with zero attached hydrogens (tertiary/aromatic N) is 2. The average molecular weight is 498 g/mol. The van der Waals surface area contributed by atoms with E-state index in [1.165, 1.54) is 4.90 Å². The number of anilines is 1. The van der Waals surface area contributed by atoms with Crippen LogP contribution in [0.1, 0.15) is 70.3 Å². The Labute approximate surface area is 212 Å². The van der Waals surface area contributed by atoms with Crippen molar-refractivity contribution in [3.05, 3.63) is 29.8 Å². The van der Waals surface area contributed by atoms with Crippen molar-refractivity contribution in [2.45, 2.75) is 82.8 Å². The van der Waals surface area contributed by atoms with Crippen molar-refractivity contribution in [1.29, 1.82) is 0 Å². The molecule has 1 saturated heterocycles. The quantitative estimate of drug-likeness (QED) is 0.448. The zero-order chi connectivity index (χ0) is 25.9. The van der Waals surface area contributed by atoms with Gasteiger partial charge in [-0.25, -0.2) is 4.79 Å². The molecular weight excluding hydrogens is 458 g/mol. The Hall–Kier alpha value is -2.78. The smallest absolute Gasteiger partial charge is 0.326 e. The molecule has 2 atom stereocenters. The van der Waals surface area contributed by atoms with Gasteiger partial charge in [0.1, 0.15) is 6.17 Å². The number of hydrogen-bond donors (Lipinski definition) is 3. The van der Waals surface area contributed by atoms with Gasteiger partial charge in [-0.3, -0.25) is 19.3 Å². The molecule has 2 aliphatic carbocycles. The van der Waals surface area contributed by atoms with Crippen molar-refractivity contribution >= 4 is 29.3 Å². The third-order valence-corrected chi connectivity index (χ3v) is 8.05. The van der Waals surface area contributed by atoms with Crippen LogP contribution in [0.25, 0.3) is 0 Å². The Morgan fingerprint density at radius 3 is 2.14 bits per heavy atom. The summed E-state index contributed by atoms with van der Waals surface area (Å²) < 4.78 is 0. The number of carbonyl (C=O) groups is 4. The number of nitrogens with one attached hydrogen (secondary N) is 1. The van der Waals surface area contributed by atoms with E-state index in [4.69, 9.17) is 11.5 Å². The van der Waals surface area contributed by atoms with Crippen LogP contribution in [-0.2, 0) is 20.8 Å². The Morgan fingerprint density at radius 2 is 1.56 bits per heavy atom. The van der Waals surface area contributed by atoms with Gasteiger partial charge in [0.15, 0.2) is 11.3 Å². The van der Waals surface area contributed by atoms with E-state index in [1.54, 1.807) is 0 Å². The third kappa shape index (κ3) is 5.04. The number of hydrogen-bond acceptors (Lipinski definition) is 6. The van der Waals surface area contributed by atoms with Crippen LogP contribution >= 0.6 is 0 Å². The second-order valence-electron chi connectivity index (χ2n) is 10.5. The Kier molecular flexibility index (Phi) is 8.10. The van der Waals surface area contributed by atoms with E-state index in [0.29, 0.717) is 25.7 Å². The van der Waals surface area contributed by atoms with Gasteiger partial charge in [-0.2, -0.15) is 0 Å². The van der Waals surface area contributed by atoms with Crippen molar-refractivity contribution in [2.75, 3.05) is 18.4 Å². The maximum atomic E-state index is 13.4. The van der Waals surface area contributed by atoms with E-state index >= 15 is 0 Å². The van der Waals surface area contributed by atoms with E-state index < -0.39 is 23.6 Å². The highest BCUT2D eigenvalue weighted by Gasteiger charge is 2.59. The zero-order valence-corrected chi connectivity index (χ0v) is 21.2. The molecule has 4 amide bonds. The maximum Gasteiger partial charge on any atom is 0.328 e. The lowest BCUT2D eigenvalue weighted by Crippen LogP contribution is -2.80. The minimum absolute atomic E-state index is 0.0667. The first-order chi connectivity index (χ1) is 17.3. The first kappa shape index (κ1) is 26.3. The number of urea groups is 1. The number of rotatable bonds is 9. The normalized spacial score (nSPS) is 25.6. The molecule has 2 unspecified atom stereocenters. The highest BCUT2D eigenvalue weighted by Crippen LogP contribution is 2.33. The summed E-state index contributed by atoms with van der Waals surface area (Å²) in [4.78, 5) is 54.8. The lowest BCUT2D eigenvalue weighted by Gasteiger charge is -2.48. The molecule has 2 saturated carbocycles. The van der Waals surface area contributed by atoms with E-state index in [2.05, 4.69) is 5.32 Å². The predicted molar refractivity (Wildman–Crippen MR) is 137 cm³/mol. The van der Waals surface area contributed by atoms with Crippen LogP contribution in [0.15, 0.2) is 24.3 Å². The third-order valence-electron chi connectivity index (χ3n) is 8.05. The number of amides is 4. The molecule has 0 bridgehead atoms. The number of carbonyl (C=O) groups excluding carboxylic acids is 4. The summed E-state index contributed by atoms with van der Waals surface area (Å²) in [5, 5.41) is 2.98. The van der Waals surface area contributed by atoms with Crippen LogP contribution in [0.4, 0.5) is 10.5 Å². The molecule has 5 N–H and O–H groups in total. The lowest BCUT2D eigenvalue weighted by molar-refractivity contribution is -0.150. The van der Waals surface area contributed by atoms with Gasteiger partial charge in [0, 0.05) is 30.6 Å². The molecule has 0 radical (unpaired) electrons. The largest absolute Gasteiger partial charge is 0.328 e. The molecule has 3 aliphatic rings. The highest BCUT2D eigenvalue weighted by atomic mass is 16.2. The number of benzene rings is 1. The van der Waals surface area contributed by atoms with Gasteiger partial charge in [-0.05, 0) is 56.2 Å². The summed E-state index contributed by atoms with van der Waals surface area (Å²) in [6.45, 7) is 2.27. The van der Waals surface area contributed by atoms with E-state index in [-0.39, 0.29) is 36.6 Å². The Balaban J connectivity index is 1.46. The second-order valence-corrected chi connectivity index (χ2v) is 10.5. The molecule has 196 valence electrons. The SMILES string of the molecule is CCCN1C(=O)N(CCc2ccc(NC(=O)C3CCCC3)cc2)C(N)C(N)(C(=O)C2CCCC2)C1=O. The molecule has 0 aromatic heterocycles. The van der Waals surface area contributed by atoms with Gasteiger partial charge in [0.2, 0.25) is 5.91 Å². The van der Waals surface area contributed by atoms with Crippen LogP contribution < -0.4 is 16.8 Å². The van der Waals surface area contributed by atoms with Gasteiger partial charge >= 0.3 is 6.03 Å². The van der Waals surface area contributed by atoms with Crippen LogP contribution in [0, 0.1) is 11.8 Å². The van der Waals surface area contributed by atoms with Crippen molar-refractivity contribution in [2.24, 2.45) is 23.3 Å². The van der Waals surface area contributed by atoms with Crippen LogP contribution in [0.3, 0.4) is 0 Å². The minimum atomic E-state index is -1.94. The predicted octanol–water partition coefficient (Wildman–Crippen LogP) is 2.77. The van der Waals surface area contributed by atoms with Crippen LogP contribution in [0.5, 0.6) is 0 Å². The van der Waals surface area contributed by atoms with Crippen molar-refractivity contribution in [3.63, 3.8) is 0 Å². The average Bonchev–Trinajstić information content (AvgIpc) is 3.61. The molecule has 4 rings (SSSR count). The molecule has 1 heterocycles. The molecule has 0 spiro atoms. The van der Waals surface area contributed by atoms with E-state index in [1.807, 2.05) is 31.2 Å². The van der Waals surface area contributed by atoms with Gasteiger partial charge in [-0.15, -0.1) is 0 Å². The summed E-state index contributed by atoms with van der Waals surface area (Å²) in [6, 6.07) is 7.00. The summed E-state index contributed by atoms with van der Waals surface area (Å²) in [6.07, 6.45) is 7.14.